The minimum atomic E-state index is -0.493. The molecule has 0 radical (unpaired) electrons. The Morgan fingerprint density at radius 2 is 2.24 bits per heavy atom. The topological polar surface area (TPSA) is 69.6 Å². The van der Waals surface area contributed by atoms with E-state index in [9.17, 15) is 19.1 Å². The molecule has 0 bridgehead atoms. The molecule has 1 heterocycles. The van der Waals surface area contributed by atoms with Gasteiger partial charge in [0.2, 0.25) is 5.91 Å². The first-order chi connectivity index (χ1) is 9.97. The number of hydrogen-bond donors (Lipinski definition) is 2. The molecule has 1 saturated heterocycles. The maximum Gasteiger partial charge on any atom is 0.251 e. The summed E-state index contributed by atoms with van der Waals surface area (Å²) in [6, 6.07) is 5.31. The molecule has 0 aliphatic carbocycles. The highest BCUT2D eigenvalue weighted by Crippen LogP contribution is 2.16. The molecule has 2 unspecified atom stereocenters. The molecule has 1 aromatic carbocycles. The number of halogens is 1. The van der Waals surface area contributed by atoms with Crippen molar-refractivity contribution in [3.63, 3.8) is 0 Å². The van der Waals surface area contributed by atoms with Crippen molar-refractivity contribution in [3.8, 4) is 0 Å². The van der Waals surface area contributed by atoms with Gasteiger partial charge in [0.25, 0.3) is 5.91 Å². The van der Waals surface area contributed by atoms with Gasteiger partial charge in [-0.05, 0) is 30.5 Å². The normalized spacial score (nSPS) is 22.0. The van der Waals surface area contributed by atoms with Gasteiger partial charge in [0.1, 0.15) is 5.82 Å². The lowest BCUT2D eigenvalue weighted by atomic mass is 9.97. The first kappa shape index (κ1) is 15.4. The van der Waals surface area contributed by atoms with Crippen molar-refractivity contribution in [2.24, 2.45) is 5.92 Å². The standard InChI is InChI=1S/C15H19FN2O3/c1-10-9-18(6-5-13(10)19)14(20)8-17-15(21)11-3-2-4-12(16)7-11/h2-4,7,10,13,19H,5-6,8-9H2,1H3,(H,17,21). The molecule has 1 aliphatic heterocycles. The predicted molar refractivity (Wildman–Crippen MR) is 75.1 cm³/mol. The van der Waals surface area contributed by atoms with Crippen LogP contribution < -0.4 is 5.32 Å². The van der Waals surface area contributed by atoms with Crippen molar-refractivity contribution in [1.82, 2.24) is 10.2 Å². The van der Waals surface area contributed by atoms with E-state index in [1.165, 1.54) is 18.2 Å². The van der Waals surface area contributed by atoms with Gasteiger partial charge < -0.3 is 15.3 Å². The molecular formula is C15H19FN2O3. The highest BCUT2D eigenvalue weighted by molar-refractivity contribution is 5.96. The number of piperidine rings is 1. The molecule has 1 aromatic rings. The molecule has 0 spiro atoms. The third-order valence-electron chi connectivity index (χ3n) is 3.70. The average molecular weight is 294 g/mol. The van der Waals surface area contributed by atoms with E-state index >= 15 is 0 Å². The zero-order valence-corrected chi connectivity index (χ0v) is 11.9. The lowest BCUT2D eigenvalue weighted by Crippen LogP contribution is -2.48. The van der Waals surface area contributed by atoms with Crippen LogP contribution in [0.1, 0.15) is 23.7 Å². The molecule has 0 aromatic heterocycles. The van der Waals surface area contributed by atoms with Crippen molar-refractivity contribution in [3.05, 3.63) is 35.6 Å². The number of aliphatic hydroxyl groups is 1. The van der Waals surface area contributed by atoms with Crippen LogP contribution in [0.4, 0.5) is 4.39 Å². The Bertz CT molecular complexity index is 535. The maximum absolute atomic E-state index is 13.0. The Morgan fingerprint density at radius 1 is 1.48 bits per heavy atom. The van der Waals surface area contributed by atoms with E-state index < -0.39 is 11.7 Å². The largest absolute Gasteiger partial charge is 0.393 e. The number of rotatable bonds is 3. The van der Waals surface area contributed by atoms with Gasteiger partial charge >= 0.3 is 0 Å². The first-order valence-corrected chi connectivity index (χ1v) is 6.97. The molecule has 2 amide bonds. The highest BCUT2D eigenvalue weighted by Gasteiger charge is 2.27. The van der Waals surface area contributed by atoms with Crippen LogP contribution in [0.5, 0.6) is 0 Å². The van der Waals surface area contributed by atoms with Gasteiger partial charge in [-0.2, -0.15) is 0 Å². The van der Waals surface area contributed by atoms with Crippen LogP contribution in [-0.2, 0) is 4.79 Å². The molecule has 2 atom stereocenters. The first-order valence-electron chi connectivity index (χ1n) is 6.97. The van der Waals surface area contributed by atoms with Crippen molar-refractivity contribution in [2.75, 3.05) is 19.6 Å². The van der Waals surface area contributed by atoms with E-state index in [1.54, 1.807) is 4.90 Å². The molecular weight excluding hydrogens is 275 g/mol. The summed E-state index contributed by atoms with van der Waals surface area (Å²) in [5, 5.41) is 12.1. The van der Waals surface area contributed by atoms with E-state index in [4.69, 9.17) is 0 Å². The summed E-state index contributed by atoms with van der Waals surface area (Å²) < 4.78 is 13.0. The second kappa shape index (κ2) is 6.67. The van der Waals surface area contributed by atoms with Crippen LogP contribution in [0.2, 0.25) is 0 Å². The van der Waals surface area contributed by atoms with Crippen LogP contribution in [0.15, 0.2) is 24.3 Å². The summed E-state index contributed by atoms with van der Waals surface area (Å²) in [5.74, 6) is -1.14. The Labute approximate surface area is 122 Å². The summed E-state index contributed by atoms with van der Waals surface area (Å²) in [7, 11) is 0. The van der Waals surface area contributed by atoms with Crippen molar-refractivity contribution >= 4 is 11.8 Å². The molecule has 1 aliphatic rings. The lowest BCUT2D eigenvalue weighted by Gasteiger charge is -2.34. The lowest BCUT2D eigenvalue weighted by molar-refractivity contribution is -0.133. The zero-order chi connectivity index (χ0) is 15.4. The Morgan fingerprint density at radius 3 is 2.90 bits per heavy atom. The smallest absolute Gasteiger partial charge is 0.251 e. The van der Waals surface area contributed by atoms with Crippen molar-refractivity contribution < 1.29 is 19.1 Å². The summed E-state index contributed by atoms with van der Waals surface area (Å²) >= 11 is 0. The van der Waals surface area contributed by atoms with Gasteiger partial charge in [-0.1, -0.05) is 13.0 Å². The quantitative estimate of drug-likeness (QED) is 0.866. The molecule has 1 fully saturated rings. The summed E-state index contributed by atoms with van der Waals surface area (Å²) in [4.78, 5) is 25.4. The summed E-state index contributed by atoms with van der Waals surface area (Å²) in [5.41, 5.74) is 0.185. The third-order valence-corrected chi connectivity index (χ3v) is 3.70. The van der Waals surface area contributed by atoms with Crippen LogP contribution >= 0.6 is 0 Å². The fraction of sp³-hybridized carbons (Fsp3) is 0.467. The Kier molecular flexibility index (Phi) is 4.90. The predicted octanol–water partition coefficient (Wildman–Crippen LogP) is 0.785. The molecule has 2 rings (SSSR count). The zero-order valence-electron chi connectivity index (χ0n) is 11.9. The second-order valence-corrected chi connectivity index (χ2v) is 5.37. The van der Waals surface area contributed by atoms with E-state index in [0.717, 1.165) is 6.07 Å². The van der Waals surface area contributed by atoms with Crippen LogP contribution in [-0.4, -0.2) is 47.6 Å². The number of amides is 2. The monoisotopic (exact) mass is 294 g/mol. The number of aliphatic hydroxyl groups excluding tert-OH is 1. The molecule has 21 heavy (non-hydrogen) atoms. The van der Waals surface area contributed by atoms with E-state index in [0.29, 0.717) is 19.5 Å². The Hall–Kier alpha value is -1.95. The number of carbonyl (C=O) groups is 2. The Balaban J connectivity index is 1.85. The van der Waals surface area contributed by atoms with Crippen LogP contribution in [0, 0.1) is 11.7 Å². The number of nitrogens with zero attached hydrogens (tertiary/aromatic N) is 1. The number of likely N-dealkylation sites (tertiary alicyclic amines) is 1. The maximum atomic E-state index is 13.0. The van der Waals surface area contributed by atoms with Gasteiger partial charge in [0.15, 0.2) is 0 Å². The molecule has 5 nitrogen and oxygen atoms in total. The van der Waals surface area contributed by atoms with Gasteiger partial charge in [-0.15, -0.1) is 0 Å². The molecule has 6 heteroatoms. The van der Waals surface area contributed by atoms with Gasteiger partial charge in [-0.25, -0.2) is 4.39 Å². The highest BCUT2D eigenvalue weighted by atomic mass is 19.1. The third kappa shape index (κ3) is 4.01. The van der Waals surface area contributed by atoms with Crippen molar-refractivity contribution in [2.45, 2.75) is 19.4 Å². The van der Waals surface area contributed by atoms with Crippen LogP contribution in [0.25, 0.3) is 0 Å². The number of carbonyl (C=O) groups excluding carboxylic acids is 2. The fourth-order valence-corrected chi connectivity index (χ4v) is 2.36. The van der Waals surface area contributed by atoms with Gasteiger partial charge in [0, 0.05) is 18.7 Å². The average Bonchev–Trinajstić information content (AvgIpc) is 2.47. The van der Waals surface area contributed by atoms with E-state index in [1.807, 2.05) is 6.92 Å². The second-order valence-electron chi connectivity index (χ2n) is 5.37. The summed E-state index contributed by atoms with van der Waals surface area (Å²) in [6.07, 6.45) is 0.168. The summed E-state index contributed by atoms with van der Waals surface area (Å²) in [6.45, 7) is 2.73. The number of nitrogens with one attached hydrogen (secondary N) is 1. The molecule has 2 N–H and O–H groups in total. The van der Waals surface area contributed by atoms with E-state index in [2.05, 4.69) is 5.32 Å². The van der Waals surface area contributed by atoms with E-state index in [-0.39, 0.29) is 30.0 Å². The fourth-order valence-electron chi connectivity index (χ4n) is 2.36. The van der Waals surface area contributed by atoms with Crippen LogP contribution in [0.3, 0.4) is 0 Å². The van der Waals surface area contributed by atoms with Gasteiger partial charge in [-0.3, -0.25) is 9.59 Å². The minimum absolute atomic E-state index is 0.0293. The van der Waals surface area contributed by atoms with Crippen molar-refractivity contribution in [1.29, 1.82) is 0 Å². The molecule has 0 saturated carbocycles. The SMILES string of the molecule is CC1CN(C(=O)CNC(=O)c2cccc(F)c2)CCC1O. The molecule has 114 valence electrons. The number of benzene rings is 1. The van der Waals surface area contributed by atoms with Gasteiger partial charge in [0.05, 0.1) is 12.6 Å². The minimum Gasteiger partial charge on any atom is -0.393 e. The number of hydrogen-bond acceptors (Lipinski definition) is 3.